The smallest absolute Gasteiger partial charge is 0.231 e. The minimum Gasteiger partial charge on any atom is -0.454 e. The highest BCUT2D eigenvalue weighted by Crippen LogP contribution is 2.39. The van der Waals surface area contributed by atoms with E-state index in [9.17, 15) is 0 Å². The fourth-order valence-corrected chi connectivity index (χ4v) is 3.57. The van der Waals surface area contributed by atoms with Gasteiger partial charge in [-0.15, -0.1) is 0 Å². The summed E-state index contributed by atoms with van der Waals surface area (Å²) < 4.78 is 10.9. The number of hydrogen-bond acceptors (Lipinski definition) is 2. The van der Waals surface area contributed by atoms with Gasteiger partial charge in [-0.05, 0) is 69.1 Å². The van der Waals surface area contributed by atoms with E-state index < -0.39 is 0 Å². The van der Waals surface area contributed by atoms with Gasteiger partial charge in [0.05, 0.1) is 0 Å². The maximum Gasteiger partial charge on any atom is 0.231 e. The highest BCUT2D eigenvalue weighted by molar-refractivity contribution is 5.44. The summed E-state index contributed by atoms with van der Waals surface area (Å²) in [6.45, 7) is 7.27. The summed E-state index contributed by atoms with van der Waals surface area (Å²) in [6, 6.07) is 6.39. The molecule has 0 saturated heterocycles. The number of allylic oxidation sites excluding steroid dienone is 2. The number of ether oxygens (including phenoxy) is 2. The summed E-state index contributed by atoms with van der Waals surface area (Å²) in [5.41, 5.74) is 4.57. The topological polar surface area (TPSA) is 18.5 Å². The molecule has 0 spiro atoms. The summed E-state index contributed by atoms with van der Waals surface area (Å²) in [5.74, 6) is 3.33. The monoisotopic (exact) mass is 272 g/mol. The molecule has 1 saturated carbocycles. The van der Waals surface area contributed by atoms with Crippen LogP contribution in [0.3, 0.4) is 0 Å². The first-order valence-corrected chi connectivity index (χ1v) is 7.68. The van der Waals surface area contributed by atoms with E-state index in [2.05, 4.69) is 32.9 Å². The van der Waals surface area contributed by atoms with E-state index >= 15 is 0 Å². The Kier molecular flexibility index (Phi) is 3.73. The van der Waals surface area contributed by atoms with Gasteiger partial charge in [0.25, 0.3) is 0 Å². The molecule has 1 aliphatic heterocycles. The summed E-state index contributed by atoms with van der Waals surface area (Å²) in [4.78, 5) is 0. The van der Waals surface area contributed by atoms with Gasteiger partial charge in [-0.2, -0.15) is 0 Å². The van der Waals surface area contributed by atoms with Crippen LogP contribution >= 0.6 is 0 Å². The lowest BCUT2D eigenvalue weighted by Gasteiger charge is -2.31. The first kappa shape index (κ1) is 13.5. The lowest BCUT2D eigenvalue weighted by Crippen LogP contribution is -2.19. The van der Waals surface area contributed by atoms with Crippen LogP contribution in [0.5, 0.6) is 11.5 Å². The molecule has 3 rings (SSSR count). The quantitative estimate of drug-likeness (QED) is 0.725. The van der Waals surface area contributed by atoms with Crippen LogP contribution in [0.1, 0.15) is 45.6 Å². The van der Waals surface area contributed by atoms with Crippen molar-refractivity contribution in [1.82, 2.24) is 0 Å². The average molecular weight is 272 g/mol. The lowest BCUT2D eigenvalue weighted by atomic mass is 9.74. The van der Waals surface area contributed by atoms with E-state index in [0.717, 1.165) is 23.8 Å². The molecule has 20 heavy (non-hydrogen) atoms. The molecule has 0 N–H and O–H groups in total. The molecule has 108 valence electrons. The fraction of sp³-hybridized carbons (Fsp3) is 0.556. The third-order valence-electron chi connectivity index (χ3n) is 4.65. The molecule has 1 aromatic rings. The number of fused-ring (bicyclic) bond motifs is 1. The van der Waals surface area contributed by atoms with Crippen LogP contribution in [-0.2, 0) is 6.42 Å². The summed E-state index contributed by atoms with van der Waals surface area (Å²) in [6.07, 6.45) is 5.06. The van der Waals surface area contributed by atoms with Crippen LogP contribution in [0.25, 0.3) is 0 Å². The van der Waals surface area contributed by atoms with Crippen molar-refractivity contribution in [2.24, 2.45) is 11.8 Å². The molecule has 1 aromatic carbocycles. The molecule has 1 fully saturated rings. The molecule has 2 heteroatoms. The fourth-order valence-electron chi connectivity index (χ4n) is 3.57. The number of hydrogen-bond donors (Lipinski definition) is 0. The standard InChI is InChI=1S/C18H24O2/c1-12(2)16-6-4-13(3)8-15(16)9-14-5-7-17-18(10-14)20-11-19-17/h5,7,10,13,15H,4,6,8-9,11H2,1-3H3. The molecule has 2 atom stereocenters. The van der Waals surface area contributed by atoms with Gasteiger partial charge in [0.1, 0.15) is 0 Å². The average Bonchev–Trinajstić information content (AvgIpc) is 2.85. The molecule has 2 unspecified atom stereocenters. The second-order valence-corrected chi connectivity index (χ2v) is 6.49. The minimum atomic E-state index is 0.360. The SMILES string of the molecule is CC(C)=C1CCC(C)CC1Cc1ccc2c(c1)OCO2. The van der Waals surface area contributed by atoms with Crippen molar-refractivity contribution in [3.05, 3.63) is 34.9 Å². The van der Waals surface area contributed by atoms with Crippen molar-refractivity contribution in [3.8, 4) is 11.5 Å². The van der Waals surface area contributed by atoms with Crippen LogP contribution in [0, 0.1) is 11.8 Å². The van der Waals surface area contributed by atoms with Gasteiger partial charge in [0.2, 0.25) is 6.79 Å². The normalized spacial score (nSPS) is 24.9. The van der Waals surface area contributed by atoms with E-state index in [1.165, 1.54) is 30.4 Å². The highest BCUT2D eigenvalue weighted by Gasteiger charge is 2.25. The molecule has 0 radical (unpaired) electrons. The minimum absolute atomic E-state index is 0.360. The Labute approximate surface area is 121 Å². The molecule has 0 bridgehead atoms. The van der Waals surface area contributed by atoms with Gasteiger partial charge in [0.15, 0.2) is 11.5 Å². The number of benzene rings is 1. The second-order valence-electron chi connectivity index (χ2n) is 6.49. The Morgan fingerprint density at radius 3 is 2.80 bits per heavy atom. The first-order chi connectivity index (χ1) is 9.63. The molecule has 1 heterocycles. The van der Waals surface area contributed by atoms with Crippen molar-refractivity contribution < 1.29 is 9.47 Å². The van der Waals surface area contributed by atoms with Crippen LogP contribution in [-0.4, -0.2) is 6.79 Å². The van der Waals surface area contributed by atoms with E-state index in [-0.39, 0.29) is 0 Å². The van der Waals surface area contributed by atoms with E-state index in [1.807, 2.05) is 6.07 Å². The lowest BCUT2D eigenvalue weighted by molar-refractivity contribution is 0.174. The predicted octanol–water partition coefficient (Wildman–Crippen LogP) is 4.73. The van der Waals surface area contributed by atoms with Crippen LogP contribution in [0.4, 0.5) is 0 Å². The molecule has 2 nitrogen and oxygen atoms in total. The summed E-state index contributed by atoms with van der Waals surface area (Å²) in [7, 11) is 0. The van der Waals surface area contributed by atoms with Crippen molar-refractivity contribution in [2.75, 3.05) is 6.79 Å². The Bertz CT molecular complexity index is 526. The summed E-state index contributed by atoms with van der Waals surface area (Å²) in [5, 5.41) is 0. The van der Waals surface area contributed by atoms with Crippen LogP contribution in [0.15, 0.2) is 29.3 Å². The summed E-state index contributed by atoms with van der Waals surface area (Å²) >= 11 is 0. The Morgan fingerprint density at radius 2 is 2.00 bits per heavy atom. The van der Waals surface area contributed by atoms with Crippen molar-refractivity contribution in [1.29, 1.82) is 0 Å². The Hall–Kier alpha value is -1.44. The third-order valence-corrected chi connectivity index (χ3v) is 4.65. The zero-order valence-corrected chi connectivity index (χ0v) is 12.7. The molecular formula is C18H24O2. The maximum absolute atomic E-state index is 5.49. The van der Waals surface area contributed by atoms with E-state index in [4.69, 9.17) is 9.47 Å². The van der Waals surface area contributed by atoms with Gasteiger partial charge in [0, 0.05) is 0 Å². The van der Waals surface area contributed by atoms with Crippen LogP contribution in [0.2, 0.25) is 0 Å². The predicted molar refractivity (Wildman–Crippen MR) is 81.1 cm³/mol. The highest BCUT2D eigenvalue weighted by atomic mass is 16.7. The van der Waals surface area contributed by atoms with E-state index in [1.54, 1.807) is 5.57 Å². The van der Waals surface area contributed by atoms with Gasteiger partial charge < -0.3 is 9.47 Å². The van der Waals surface area contributed by atoms with Gasteiger partial charge in [-0.25, -0.2) is 0 Å². The van der Waals surface area contributed by atoms with Crippen LogP contribution < -0.4 is 9.47 Å². The van der Waals surface area contributed by atoms with Gasteiger partial charge in [-0.3, -0.25) is 0 Å². The van der Waals surface area contributed by atoms with Crippen molar-refractivity contribution in [3.63, 3.8) is 0 Å². The number of rotatable bonds is 2. The Balaban J connectivity index is 1.80. The molecular weight excluding hydrogens is 248 g/mol. The molecule has 0 amide bonds. The van der Waals surface area contributed by atoms with Crippen molar-refractivity contribution >= 4 is 0 Å². The van der Waals surface area contributed by atoms with Crippen molar-refractivity contribution in [2.45, 2.75) is 46.5 Å². The maximum atomic E-state index is 5.49. The molecule has 0 aromatic heterocycles. The molecule has 2 aliphatic rings. The first-order valence-electron chi connectivity index (χ1n) is 7.68. The zero-order valence-electron chi connectivity index (χ0n) is 12.7. The molecule has 1 aliphatic carbocycles. The van der Waals surface area contributed by atoms with Gasteiger partial charge in [-0.1, -0.05) is 24.1 Å². The Morgan fingerprint density at radius 1 is 1.20 bits per heavy atom. The second kappa shape index (κ2) is 5.51. The largest absolute Gasteiger partial charge is 0.454 e. The zero-order chi connectivity index (χ0) is 14.1. The third kappa shape index (κ3) is 2.70. The van der Waals surface area contributed by atoms with E-state index in [0.29, 0.717) is 12.7 Å². The van der Waals surface area contributed by atoms with Gasteiger partial charge >= 0.3 is 0 Å².